The molecule has 1 aromatic carbocycles. The van der Waals surface area contributed by atoms with Gasteiger partial charge in [0, 0.05) is 30.7 Å². The first-order valence-electron chi connectivity index (χ1n) is 13.4. The Balaban J connectivity index is 1.36. The van der Waals surface area contributed by atoms with E-state index in [0.717, 1.165) is 55.6 Å². The fourth-order valence-corrected chi connectivity index (χ4v) is 5.05. The van der Waals surface area contributed by atoms with Crippen molar-refractivity contribution in [3.63, 3.8) is 0 Å². The lowest BCUT2D eigenvalue weighted by atomic mass is 10.0. The number of pyridine rings is 1. The number of piperidine rings is 1. The molecule has 1 aliphatic heterocycles. The van der Waals surface area contributed by atoms with Crippen molar-refractivity contribution in [3.8, 4) is 0 Å². The zero-order valence-electron chi connectivity index (χ0n) is 21.8. The Morgan fingerprint density at radius 3 is 2.67 bits per heavy atom. The van der Waals surface area contributed by atoms with Crippen molar-refractivity contribution >= 4 is 34.4 Å². The smallest absolute Gasteiger partial charge is 0.243 e. The summed E-state index contributed by atoms with van der Waals surface area (Å²) in [7, 11) is 0. The molecular formula is C28H35ClF2N6O2. The van der Waals surface area contributed by atoms with E-state index in [9.17, 15) is 18.4 Å². The number of aromatic amines is 1. The summed E-state index contributed by atoms with van der Waals surface area (Å²) in [6.45, 7) is 3.38. The summed E-state index contributed by atoms with van der Waals surface area (Å²) in [4.78, 5) is 35.8. The van der Waals surface area contributed by atoms with E-state index in [4.69, 9.17) is 17.3 Å². The van der Waals surface area contributed by atoms with Gasteiger partial charge in [-0.2, -0.15) is 0 Å². The number of hydrogen-bond acceptors (Lipinski definition) is 5. The van der Waals surface area contributed by atoms with Gasteiger partial charge in [0.2, 0.25) is 11.8 Å². The number of halogens is 3. The summed E-state index contributed by atoms with van der Waals surface area (Å²) in [5, 5.41) is 6.76. The molecule has 2 unspecified atom stereocenters. The van der Waals surface area contributed by atoms with Crippen molar-refractivity contribution in [2.75, 3.05) is 19.6 Å². The fourth-order valence-electron chi connectivity index (χ4n) is 4.89. The number of nitrogens with two attached hydrogens (primary N) is 1. The number of H-pyrrole nitrogens is 1. The SMILES string of the molecule is NC(CCCCN1CCCCC1)C(=O)NC(Cc1ccc(F)c(F)c1)C(=O)NCc1c[nH]c2ncc(Cl)cc12. The van der Waals surface area contributed by atoms with E-state index in [2.05, 4.69) is 25.5 Å². The van der Waals surface area contributed by atoms with Crippen molar-refractivity contribution in [2.45, 2.75) is 63.6 Å². The average Bonchev–Trinajstić information content (AvgIpc) is 3.33. The average molecular weight is 561 g/mol. The molecule has 2 aromatic heterocycles. The summed E-state index contributed by atoms with van der Waals surface area (Å²) in [6, 6.07) is 3.33. The molecule has 2 atom stereocenters. The Labute approximate surface area is 231 Å². The summed E-state index contributed by atoms with van der Waals surface area (Å²) < 4.78 is 27.3. The van der Waals surface area contributed by atoms with Crippen LogP contribution in [0.3, 0.4) is 0 Å². The molecule has 1 aliphatic rings. The topological polar surface area (TPSA) is 116 Å². The van der Waals surface area contributed by atoms with E-state index in [-0.39, 0.29) is 13.0 Å². The van der Waals surface area contributed by atoms with E-state index in [0.29, 0.717) is 22.7 Å². The molecule has 8 nitrogen and oxygen atoms in total. The Kier molecular flexibility index (Phi) is 10.2. The number of hydrogen-bond donors (Lipinski definition) is 4. The minimum Gasteiger partial charge on any atom is -0.350 e. The lowest BCUT2D eigenvalue weighted by Gasteiger charge is -2.26. The number of carbonyl (C=O) groups is 2. The molecule has 5 N–H and O–H groups in total. The number of carbonyl (C=O) groups excluding carboxylic acids is 2. The molecule has 0 spiro atoms. The number of likely N-dealkylation sites (tertiary alicyclic amines) is 1. The van der Waals surface area contributed by atoms with Gasteiger partial charge >= 0.3 is 0 Å². The second-order valence-electron chi connectivity index (χ2n) is 10.1. The summed E-state index contributed by atoms with van der Waals surface area (Å²) in [6.07, 6.45) is 9.19. The highest BCUT2D eigenvalue weighted by Gasteiger charge is 2.25. The maximum Gasteiger partial charge on any atom is 0.243 e. The number of rotatable bonds is 12. The van der Waals surface area contributed by atoms with Gasteiger partial charge < -0.3 is 26.3 Å². The molecule has 1 fully saturated rings. The molecule has 210 valence electrons. The van der Waals surface area contributed by atoms with E-state index in [1.807, 2.05) is 0 Å². The molecule has 11 heteroatoms. The monoisotopic (exact) mass is 560 g/mol. The maximum atomic E-state index is 13.8. The normalized spacial score (nSPS) is 15.7. The van der Waals surface area contributed by atoms with E-state index >= 15 is 0 Å². The van der Waals surface area contributed by atoms with Gasteiger partial charge in [0.25, 0.3) is 0 Å². The van der Waals surface area contributed by atoms with Gasteiger partial charge in [0.05, 0.1) is 11.1 Å². The van der Waals surface area contributed by atoms with Crippen LogP contribution in [0, 0.1) is 11.6 Å². The van der Waals surface area contributed by atoms with Crippen LogP contribution < -0.4 is 16.4 Å². The second kappa shape index (κ2) is 13.8. The van der Waals surface area contributed by atoms with Gasteiger partial charge in [-0.25, -0.2) is 13.8 Å². The molecule has 0 radical (unpaired) electrons. The van der Waals surface area contributed by atoms with Crippen molar-refractivity contribution < 1.29 is 18.4 Å². The van der Waals surface area contributed by atoms with Crippen molar-refractivity contribution in [2.24, 2.45) is 5.73 Å². The van der Waals surface area contributed by atoms with Gasteiger partial charge in [-0.15, -0.1) is 0 Å². The summed E-state index contributed by atoms with van der Waals surface area (Å²) in [5.74, 6) is -2.94. The fraction of sp³-hybridized carbons (Fsp3) is 0.464. The van der Waals surface area contributed by atoms with Crippen molar-refractivity contribution in [3.05, 3.63) is 64.4 Å². The Hall–Kier alpha value is -3.08. The highest BCUT2D eigenvalue weighted by atomic mass is 35.5. The predicted octanol–water partition coefficient (Wildman–Crippen LogP) is 3.82. The molecular weight excluding hydrogens is 526 g/mol. The lowest BCUT2D eigenvalue weighted by Crippen LogP contribution is -2.52. The van der Waals surface area contributed by atoms with Gasteiger partial charge in [-0.1, -0.05) is 30.5 Å². The van der Waals surface area contributed by atoms with Crippen LogP contribution in [0.1, 0.15) is 49.7 Å². The maximum absolute atomic E-state index is 13.8. The van der Waals surface area contributed by atoms with Crippen molar-refractivity contribution in [1.29, 1.82) is 0 Å². The predicted molar refractivity (Wildman–Crippen MR) is 147 cm³/mol. The van der Waals surface area contributed by atoms with Crippen LogP contribution >= 0.6 is 11.6 Å². The highest BCUT2D eigenvalue weighted by Crippen LogP contribution is 2.20. The number of unbranched alkanes of at least 4 members (excludes halogenated alkanes) is 1. The Bertz CT molecular complexity index is 1280. The first kappa shape index (κ1) is 28.9. The molecule has 39 heavy (non-hydrogen) atoms. The van der Waals surface area contributed by atoms with Gasteiger partial charge in [0.15, 0.2) is 11.6 Å². The number of nitrogens with zero attached hydrogens (tertiary/aromatic N) is 2. The van der Waals surface area contributed by atoms with Crippen LogP contribution in [0.25, 0.3) is 11.0 Å². The van der Waals surface area contributed by atoms with E-state index in [1.54, 1.807) is 12.3 Å². The van der Waals surface area contributed by atoms with Crippen molar-refractivity contribution in [1.82, 2.24) is 25.5 Å². The third kappa shape index (κ3) is 8.20. The molecule has 0 bridgehead atoms. The van der Waals surface area contributed by atoms with Crippen LogP contribution in [-0.2, 0) is 22.6 Å². The van der Waals surface area contributed by atoms with Crippen LogP contribution in [-0.4, -0.2) is 58.4 Å². The van der Waals surface area contributed by atoms with Crippen LogP contribution in [0.15, 0.2) is 36.7 Å². The highest BCUT2D eigenvalue weighted by molar-refractivity contribution is 6.31. The minimum atomic E-state index is -1.03. The first-order valence-corrected chi connectivity index (χ1v) is 13.8. The number of amides is 2. The zero-order chi connectivity index (χ0) is 27.8. The van der Waals surface area contributed by atoms with Gasteiger partial charge in [-0.05, 0) is 74.6 Å². The molecule has 4 rings (SSSR count). The molecule has 1 saturated heterocycles. The number of fused-ring (bicyclic) bond motifs is 1. The molecule has 2 amide bonds. The van der Waals surface area contributed by atoms with Gasteiger partial charge in [0.1, 0.15) is 11.7 Å². The summed E-state index contributed by atoms with van der Waals surface area (Å²) in [5.41, 5.74) is 7.91. The molecule has 0 aliphatic carbocycles. The number of nitrogens with one attached hydrogen (secondary N) is 3. The first-order chi connectivity index (χ1) is 18.8. The largest absolute Gasteiger partial charge is 0.350 e. The molecule has 0 saturated carbocycles. The Morgan fingerprint density at radius 1 is 1.10 bits per heavy atom. The third-order valence-electron chi connectivity index (χ3n) is 7.12. The quantitative estimate of drug-likeness (QED) is 0.251. The van der Waals surface area contributed by atoms with Crippen LogP contribution in [0.5, 0.6) is 0 Å². The third-order valence-corrected chi connectivity index (χ3v) is 7.32. The van der Waals surface area contributed by atoms with E-state index < -0.39 is 35.5 Å². The standard InChI is InChI=1S/C28H35ClF2N6O2/c29-20-14-21-19(15-33-26(21)34-17-20)16-35-28(39)25(13-18-7-8-22(30)23(31)12-18)36-27(38)24(32)6-2-5-11-37-9-3-1-4-10-37/h7-8,12,14-15,17,24-25H,1-6,9-11,13,16,32H2,(H,33,34)(H,35,39)(H,36,38). The Morgan fingerprint density at radius 2 is 1.90 bits per heavy atom. The minimum absolute atomic E-state index is 0.0300. The zero-order valence-corrected chi connectivity index (χ0v) is 22.6. The number of aromatic nitrogens is 2. The lowest BCUT2D eigenvalue weighted by molar-refractivity contribution is -0.129. The second-order valence-corrected chi connectivity index (χ2v) is 10.5. The van der Waals surface area contributed by atoms with Gasteiger partial charge in [-0.3, -0.25) is 9.59 Å². The number of benzene rings is 1. The molecule has 3 aromatic rings. The van der Waals surface area contributed by atoms with Crippen LogP contribution in [0.4, 0.5) is 8.78 Å². The molecule has 3 heterocycles. The summed E-state index contributed by atoms with van der Waals surface area (Å²) >= 11 is 6.06. The van der Waals surface area contributed by atoms with E-state index in [1.165, 1.54) is 31.5 Å². The van der Waals surface area contributed by atoms with Crippen LogP contribution in [0.2, 0.25) is 5.02 Å².